The number of aromatic nitrogens is 1. The Labute approximate surface area is 184 Å². The van der Waals surface area contributed by atoms with Gasteiger partial charge in [-0.2, -0.15) is 0 Å². The van der Waals surface area contributed by atoms with Gasteiger partial charge >= 0.3 is 0 Å². The molecule has 1 atom stereocenters. The van der Waals surface area contributed by atoms with Gasteiger partial charge in [-0.15, -0.1) is 0 Å². The maximum atomic E-state index is 14.2. The van der Waals surface area contributed by atoms with E-state index in [1.54, 1.807) is 26.0 Å². The van der Waals surface area contributed by atoms with Gasteiger partial charge in [0.2, 0.25) is 0 Å². The third-order valence-corrected chi connectivity index (χ3v) is 8.51. The van der Waals surface area contributed by atoms with Crippen molar-refractivity contribution in [2.75, 3.05) is 18.1 Å². The number of rotatable bonds is 6. The molecule has 0 N–H and O–H groups in total. The highest BCUT2D eigenvalue weighted by molar-refractivity contribution is 7.92. The number of benzene rings is 2. The molecule has 0 radical (unpaired) electrons. The van der Waals surface area contributed by atoms with Crippen molar-refractivity contribution in [3.8, 4) is 0 Å². The Morgan fingerprint density at radius 3 is 2.61 bits per heavy atom. The normalized spacial score (nSPS) is 16.8. The molecular weight excluding hydrogens is 439 g/mol. The van der Waals surface area contributed by atoms with E-state index in [0.717, 1.165) is 12.8 Å². The fourth-order valence-corrected chi connectivity index (χ4v) is 5.52. The number of halogens is 1. The molecule has 0 saturated carbocycles. The van der Waals surface area contributed by atoms with Gasteiger partial charge in [0.1, 0.15) is 11.3 Å². The van der Waals surface area contributed by atoms with E-state index in [9.17, 15) is 17.6 Å². The minimum absolute atomic E-state index is 0.124. The number of amides is 1. The van der Waals surface area contributed by atoms with Crippen LogP contribution in [0.15, 0.2) is 47.4 Å². The average molecular weight is 463 g/mol. The Morgan fingerprint density at radius 1 is 1.26 bits per heavy atom. The minimum Gasteiger partial charge on any atom is -0.376 e. The molecule has 4 rings (SSSR count). The molecule has 1 aliphatic rings. The van der Waals surface area contributed by atoms with Gasteiger partial charge in [0, 0.05) is 12.2 Å². The van der Waals surface area contributed by atoms with Gasteiger partial charge in [0.05, 0.1) is 27.5 Å². The van der Waals surface area contributed by atoms with Crippen molar-refractivity contribution >= 4 is 42.4 Å². The predicted octanol–water partition coefficient (Wildman–Crippen LogP) is 4.44. The molecule has 31 heavy (non-hydrogen) atoms. The summed E-state index contributed by atoms with van der Waals surface area (Å²) in [6.45, 7) is 4.17. The van der Waals surface area contributed by atoms with E-state index in [1.807, 2.05) is 0 Å². The summed E-state index contributed by atoms with van der Waals surface area (Å²) in [6.07, 6.45) is 1.62. The molecule has 1 unspecified atom stereocenters. The van der Waals surface area contributed by atoms with Gasteiger partial charge in [-0.1, -0.05) is 17.4 Å². The Bertz CT molecular complexity index is 1200. The minimum atomic E-state index is -3.43. The highest BCUT2D eigenvalue weighted by atomic mass is 32.2. The lowest BCUT2D eigenvalue weighted by atomic mass is 10.2. The molecule has 1 saturated heterocycles. The van der Waals surface area contributed by atoms with Crippen LogP contribution in [-0.4, -0.2) is 43.8 Å². The Balaban J connectivity index is 1.69. The smallest absolute Gasteiger partial charge is 0.260 e. The number of thiazole rings is 1. The SMILES string of the molecule is CC(C)S(=O)(=O)c1ccc(C(=O)N(CC2CCCO2)c2nc3c(F)cccc3s2)cc1. The van der Waals surface area contributed by atoms with Crippen LogP contribution in [0.25, 0.3) is 10.2 Å². The number of ether oxygens (including phenoxy) is 1. The molecule has 1 amide bonds. The molecule has 2 heterocycles. The highest BCUT2D eigenvalue weighted by Crippen LogP contribution is 2.32. The summed E-state index contributed by atoms with van der Waals surface area (Å²) in [6, 6.07) is 10.6. The van der Waals surface area contributed by atoms with Crippen molar-refractivity contribution in [3.05, 3.63) is 53.8 Å². The molecule has 0 spiro atoms. The summed E-state index contributed by atoms with van der Waals surface area (Å²) in [4.78, 5) is 19.4. The van der Waals surface area contributed by atoms with E-state index in [2.05, 4.69) is 4.98 Å². The lowest BCUT2D eigenvalue weighted by Gasteiger charge is -2.23. The number of hydrogen-bond acceptors (Lipinski definition) is 6. The number of anilines is 1. The molecule has 0 bridgehead atoms. The zero-order valence-corrected chi connectivity index (χ0v) is 18.9. The summed E-state index contributed by atoms with van der Waals surface area (Å²) in [7, 11) is -3.43. The van der Waals surface area contributed by atoms with Crippen LogP contribution in [0.4, 0.5) is 9.52 Å². The van der Waals surface area contributed by atoms with Gasteiger partial charge in [-0.3, -0.25) is 9.69 Å². The van der Waals surface area contributed by atoms with Crippen molar-refractivity contribution in [1.29, 1.82) is 0 Å². The molecule has 2 aromatic carbocycles. The van der Waals surface area contributed by atoms with E-state index >= 15 is 0 Å². The zero-order chi connectivity index (χ0) is 22.2. The number of hydrogen-bond donors (Lipinski definition) is 0. The third-order valence-electron chi connectivity index (χ3n) is 5.30. The summed E-state index contributed by atoms with van der Waals surface area (Å²) < 4.78 is 45.3. The number of carbonyl (C=O) groups excluding carboxylic acids is 1. The first-order valence-electron chi connectivity index (χ1n) is 10.1. The summed E-state index contributed by atoms with van der Waals surface area (Å²) in [5.74, 6) is -0.767. The second-order valence-corrected chi connectivity index (χ2v) is 11.3. The average Bonchev–Trinajstić information content (AvgIpc) is 3.42. The van der Waals surface area contributed by atoms with Crippen LogP contribution >= 0.6 is 11.3 Å². The van der Waals surface area contributed by atoms with Crippen molar-refractivity contribution in [3.63, 3.8) is 0 Å². The molecule has 1 aliphatic heterocycles. The zero-order valence-electron chi connectivity index (χ0n) is 17.2. The molecule has 1 aromatic heterocycles. The van der Waals surface area contributed by atoms with Crippen LogP contribution in [0.3, 0.4) is 0 Å². The van der Waals surface area contributed by atoms with Gasteiger partial charge in [0.25, 0.3) is 5.91 Å². The van der Waals surface area contributed by atoms with Gasteiger partial charge < -0.3 is 4.74 Å². The van der Waals surface area contributed by atoms with Crippen LogP contribution in [0.5, 0.6) is 0 Å². The van der Waals surface area contributed by atoms with Gasteiger partial charge in [0.15, 0.2) is 15.0 Å². The molecule has 1 fully saturated rings. The van der Waals surface area contributed by atoms with Crippen LogP contribution in [0.1, 0.15) is 37.0 Å². The molecular formula is C22H23FN2O4S2. The second kappa shape index (κ2) is 8.64. The van der Waals surface area contributed by atoms with Crippen molar-refractivity contribution in [2.24, 2.45) is 0 Å². The lowest BCUT2D eigenvalue weighted by molar-refractivity contribution is 0.0917. The first-order chi connectivity index (χ1) is 14.8. The quantitative estimate of drug-likeness (QED) is 0.541. The van der Waals surface area contributed by atoms with E-state index in [-0.39, 0.29) is 22.4 Å². The number of sulfone groups is 1. The number of carbonyl (C=O) groups is 1. The number of nitrogens with zero attached hydrogens (tertiary/aromatic N) is 2. The fourth-order valence-electron chi connectivity index (χ4n) is 3.47. The van der Waals surface area contributed by atoms with Crippen LogP contribution in [-0.2, 0) is 14.6 Å². The van der Waals surface area contributed by atoms with Crippen LogP contribution in [0.2, 0.25) is 0 Å². The predicted molar refractivity (Wildman–Crippen MR) is 119 cm³/mol. The van der Waals surface area contributed by atoms with Crippen molar-refractivity contribution in [2.45, 2.75) is 42.9 Å². The Hall–Kier alpha value is -2.36. The maximum absolute atomic E-state index is 14.2. The summed E-state index contributed by atoms with van der Waals surface area (Å²) >= 11 is 1.24. The fraction of sp³-hybridized carbons (Fsp3) is 0.364. The molecule has 164 valence electrons. The Kier molecular flexibility index (Phi) is 6.09. The Morgan fingerprint density at radius 2 is 2.00 bits per heavy atom. The van der Waals surface area contributed by atoms with E-state index in [0.29, 0.717) is 28.5 Å². The van der Waals surface area contributed by atoms with Crippen molar-refractivity contribution in [1.82, 2.24) is 4.98 Å². The molecule has 0 aliphatic carbocycles. The lowest BCUT2D eigenvalue weighted by Crippen LogP contribution is -2.37. The second-order valence-electron chi connectivity index (χ2n) is 7.75. The summed E-state index contributed by atoms with van der Waals surface area (Å²) in [5, 5.41) is -0.165. The standard InChI is InChI=1S/C22H23FN2O4S2/c1-14(2)31(27,28)17-10-8-15(9-11-17)21(26)25(13-16-5-4-12-29-16)22-24-20-18(23)6-3-7-19(20)30-22/h3,6-11,14,16H,4-5,12-13H2,1-2H3. The van der Waals surface area contributed by atoms with E-state index < -0.39 is 20.9 Å². The molecule has 3 aromatic rings. The number of para-hydroxylation sites is 1. The van der Waals surface area contributed by atoms with Crippen LogP contribution < -0.4 is 4.90 Å². The molecule has 9 heteroatoms. The van der Waals surface area contributed by atoms with Crippen LogP contribution in [0, 0.1) is 5.82 Å². The number of fused-ring (bicyclic) bond motifs is 1. The largest absolute Gasteiger partial charge is 0.376 e. The monoisotopic (exact) mass is 462 g/mol. The summed E-state index contributed by atoms with van der Waals surface area (Å²) in [5.41, 5.74) is 0.562. The highest BCUT2D eigenvalue weighted by Gasteiger charge is 2.28. The van der Waals surface area contributed by atoms with Crippen molar-refractivity contribution < 1.29 is 22.3 Å². The first kappa shape index (κ1) is 21.9. The van der Waals surface area contributed by atoms with E-state index in [4.69, 9.17) is 4.74 Å². The molecule has 6 nitrogen and oxygen atoms in total. The van der Waals surface area contributed by atoms with Gasteiger partial charge in [-0.05, 0) is 63.1 Å². The maximum Gasteiger partial charge on any atom is 0.260 e. The van der Waals surface area contributed by atoms with E-state index in [1.165, 1.54) is 46.6 Å². The van der Waals surface area contributed by atoms with Gasteiger partial charge in [-0.25, -0.2) is 17.8 Å². The third kappa shape index (κ3) is 4.35. The first-order valence-corrected chi connectivity index (χ1v) is 12.5. The topological polar surface area (TPSA) is 76.6 Å².